The van der Waals surface area contributed by atoms with E-state index in [1.807, 2.05) is 0 Å². The highest BCUT2D eigenvalue weighted by Gasteiger charge is 2.32. The van der Waals surface area contributed by atoms with Crippen LogP contribution < -0.4 is 4.31 Å². The van der Waals surface area contributed by atoms with E-state index in [4.69, 9.17) is 0 Å². The largest absolute Gasteiger partial charge is 0.270 e. The SMILES string of the molecule is Cc1cc(N2CCCCS2(=O)=O)cc(C)c1S(=O)(=O)N1CCC(C)CC1. The Kier molecular flexibility index (Phi) is 5.38. The average Bonchev–Trinajstić information content (AvgIpc) is 2.53. The lowest BCUT2D eigenvalue weighted by atomic mass is 10.0. The summed E-state index contributed by atoms with van der Waals surface area (Å²) in [6.45, 7) is 7.21. The molecule has 3 rings (SSSR count). The van der Waals surface area contributed by atoms with Crippen molar-refractivity contribution in [2.45, 2.75) is 51.3 Å². The van der Waals surface area contributed by atoms with Crippen LogP contribution in [0.1, 0.15) is 43.7 Å². The number of sulfonamides is 2. The minimum absolute atomic E-state index is 0.150. The maximum atomic E-state index is 13.1. The summed E-state index contributed by atoms with van der Waals surface area (Å²) in [4.78, 5) is 0.324. The highest BCUT2D eigenvalue weighted by atomic mass is 32.2. The molecule has 2 saturated heterocycles. The third kappa shape index (κ3) is 3.64. The molecule has 0 atom stereocenters. The van der Waals surface area contributed by atoms with Crippen molar-refractivity contribution in [2.75, 3.05) is 29.7 Å². The third-order valence-electron chi connectivity index (χ3n) is 5.42. The summed E-state index contributed by atoms with van der Waals surface area (Å²) >= 11 is 0. The Morgan fingerprint density at radius 2 is 1.58 bits per heavy atom. The van der Waals surface area contributed by atoms with Crippen molar-refractivity contribution in [3.63, 3.8) is 0 Å². The Hall–Kier alpha value is -1.12. The van der Waals surface area contributed by atoms with Gasteiger partial charge in [-0.05, 0) is 68.7 Å². The van der Waals surface area contributed by atoms with E-state index >= 15 is 0 Å². The van der Waals surface area contributed by atoms with E-state index in [9.17, 15) is 16.8 Å². The number of nitrogens with zero attached hydrogens (tertiary/aromatic N) is 2. The van der Waals surface area contributed by atoms with Crippen LogP contribution in [0, 0.1) is 19.8 Å². The molecule has 2 heterocycles. The lowest BCUT2D eigenvalue weighted by Crippen LogP contribution is -2.39. The first-order valence-corrected chi connectivity index (χ1v) is 12.3. The van der Waals surface area contributed by atoms with Crippen LogP contribution in [0.3, 0.4) is 0 Å². The first kappa shape index (κ1) is 19.6. The van der Waals surface area contributed by atoms with Gasteiger partial charge in [-0.15, -0.1) is 0 Å². The first-order chi connectivity index (χ1) is 12.1. The van der Waals surface area contributed by atoms with Crippen molar-refractivity contribution >= 4 is 25.7 Å². The van der Waals surface area contributed by atoms with Gasteiger partial charge in [0.05, 0.1) is 16.3 Å². The number of hydrogen-bond donors (Lipinski definition) is 0. The Morgan fingerprint density at radius 1 is 1.00 bits per heavy atom. The van der Waals surface area contributed by atoms with Crippen LogP contribution in [-0.4, -0.2) is 46.5 Å². The molecule has 8 heteroatoms. The second-order valence-corrected chi connectivity index (χ2v) is 11.5. The van der Waals surface area contributed by atoms with Crippen molar-refractivity contribution in [1.29, 1.82) is 0 Å². The fourth-order valence-electron chi connectivity index (χ4n) is 3.91. The van der Waals surface area contributed by atoms with E-state index in [0.717, 1.165) is 19.3 Å². The van der Waals surface area contributed by atoms with E-state index in [-0.39, 0.29) is 5.75 Å². The molecule has 2 aliphatic heterocycles. The molecule has 1 aromatic carbocycles. The normalized spacial score (nSPS) is 22.5. The zero-order valence-corrected chi connectivity index (χ0v) is 17.4. The van der Waals surface area contributed by atoms with Gasteiger partial charge in [-0.3, -0.25) is 4.31 Å². The number of anilines is 1. The van der Waals surface area contributed by atoms with Gasteiger partial charge in [-0.25, -0.2) is 16.8 Å². The van der Waals surface area contributed by atoms with Crippen molar-refractivity contribution in [2.24, 2.45) is 5.92 Å². The first-order valence-electron chi connectivity index (χ1n) is 9.25. The number of hydrogen-bond acceptors (Lipinski definition) is 4. The van der Waals surface area contributed by atoms with Crippen LogP contribution in [0.15, 0.2) is 17.0 Å². The van der Waals surface area contributed by atoms with Crippen LogP contribution >= 0.6 is 0 Å². The molecule has 0 amide bonds. The van der Waals surface area contributed by atoms with Gasteiger partial charge in [0.2, 0.25) is 20.0 Å². The summed E-state index contributed by atoms with van der Waals surface area (Å²) in [6, 6.07) is 3.41. The summed E-state index contributed by atoms with van der Waals surface area (Å²) in [5.74, 6) is 0.701. The number of rotatable bonds is 3. The predicted molar refractivity (Wildman–Crippen MR) is 103 cm³/mol. The molecule has 0 N–H and O–H groups in total. The summed E-state index contributed by atoms with van der Waals surface area (Å²) in [7, 11) is -6.87. The minimum Gasteiger partial charge on any atom is -0.270 e. The molecular formula is C18H28N2O4S2. The lowest BCUT2D eigenvalue weighted by molar-refractivity contribution is 0.288. The summed E-state index contributed by atoms with van der Waals surface area (Å²) in [5, 5.41) is 0. The van der Waals surface area contributed by atoms with Crippen LogP contribution in [0.5, 0.6) is 0 Å². The molecular weight excluding hydrogens is 372 g/mol. The second kappa shape index (κ2) is 7.13. The molecule has 0 spiro atoms. The quantitative estimate of drug-likeness (QED) is 0.782. The van der Waals surface area contributed by atoms with Crippen molar-refractivity contribution < 1.29 is 16.8 Å². The summed E-state index contributed by atoms with van der Waals surface area (Å²) in [5.41, 5.74) is 1.80. The fourth-order valence-corrected chi connectivity index (χ4v) is 7.42. The fraction of sp³-hybridized carbons (Fsp3) is 0.667. The molecule has 2 aliphatic rings. The monoisotopic (exact) mass is 400 g/mol. The highest BCUT2D eigenvalue weighted by Crippen LogP contribution is 2.33. The van der Waals surface area contributed by atoms with E-state index in [1.165, 1.54) is 4.31 Å². The molecule has 1 aromatic rings. The maximum absolute atomic E-state index is 13.1. The van der Waals surface area contributed by atoms with Crippen molar-refractivity contribution in [3.05, 3.63) is 23.3 Å². The smallest absolute Gasteiger partial charge is 0.243 e. The van der Waals surface area contributed by atoms with Crippen molar-refractivity contribution in [1.82, 2.24) is 4.31 Å². The van der Waals surface area contributed by atoms with E-state index < -0.39 is 20.0 Å². The third-order valence-corrected chi connectivity index (χ3v) is 9.50. The topological polar surface area (TPSA) is 74.8 Å². The second-order valence-electron chi connectivity index (χ2n) is 7.59. The van der Waals surface area contributed by atoms with E-state index in [0.29, 0.717) is 53.7 Å². The number of benzene rings is 1. The zero-order valence-electron chi connectivity index (χ0n) is 15.7. The van der Waals surface area contributed by atoms with Gasteiger partial charge in [0.1, 0.15) is 0 Å². The van der Waals surface area contributed by atoms with Crippen molar-refractivity contribution in [3.8, 4) is 0 Å². The molecule has 146 valence electrons. The molecule has 0 saturated carbocycles. The standard InChI is InChI=1S/C18H28N2O4S2/c1-14-6-9-19(10-7-14)26(23,24)18-15(2)12-17(13-16(18)3)20-8-4-5-11-25(20,21)22/h12-14H,4-11H2,1-3H3. The predicted octanol–water partition coefficient (Wildman–Crippen LogP) is 2.65. The van der Waals surface area contributed by atoms with Crippen LogP contribution in [0.2, 0.25) is 0 Å². The van der Waals surface area contributed by atoms with Gasteiger partial charge in [0.25, 0.3) is 0 Å². The van der Waals surface area contributed by atoms with E-state index in [2.05, 4.69) is 6.92 Å². The Labute approximate surface area is 157 Å². The molecule has 2 fully saturated rings. The van der Waals surface area contributed by atoms with Gasteiger partial charge < -0.3 is 0 Å². The molecule has 0 radical (unpaired) electrons. The highest BCUT2D eigenvalue weighted by molar-refractivity contribution is 7.92. The number of piperidine rings is 1. The van der Waals surface area contributed by atoms with Crippen LogP contribution in [0.25, 0.3) is 0 Å². The molecule has 0 aromatic heterocycles. The number of aryl methyl sites for hydroxylation is 2. The van der Waals surface area contributed by atoms with E-state index in [1.54, 1.807) is 30.3 Å². The molecule has 0 bridgehead atoms. The average molecular weight is 401 g/mol. The van der Waals surface area contributed by atoms with Gasteiger partial charge >= 0.3 is 0 Å². The Bertz CT molecular complexity index is 863. The van der Waals surface area contributed by atoms with Gasteiger partial charge in [-0.1, -0.05) is 6.92 Å². The molecule has 0 unspecified atom stereocenters. The Balaban J connectivity index is 1.97. The minimum atomic E-state index is -3.56. The van der Waals surface area contributed by atoms with Crippen LogP contribution in [-0.2, 0) is 20.0 Å². The Morgan fingerprint density at radius 3 is 2.12 bits per heavy atom. The molecule has 6 nitrogen and oxygen atoms in total. The maximum Gasteiger partial charge on any atom is 0.243 e. The molecule has 26 heavy (non-hydrogen) atoms. The molecule has 0 aliphatic carbocycles. The zero-order chi connectivity index (χ0) is 19.1. The summed E-state index contributed by atoms with van der Waals surface area (Å²) in [6.07, 6.45) is 3.25. The van der Waals surface area contributed by atoms with Gasteiger partial charge in [0, 0.05) is 19.6 Å². The van der Waals surface area contributed by atoms with Gasteiger partial charge in [0.15, 0.2) is 0 Å². The van der Waals surface area contributed by atoms with Gasteiger partial charge in [-0.2, -0.15) is 4.31 Å². The van der Waals surface area contributed by atoms with Crippen LogP contribution in [0.4, 0.5) is 5.69 Å². The summed E-state index contributed by atoms with van der Waals surface area (Å²) < 4.78 is 54.0. The lowest BCUT2D eigenvalue weighted by Gasteiger charge is -2.32.